The number of rotatable bonds is 4. The number of para-hydroxylation sites is 1. The molecule has 3 amide bonds. The fourth-order valence-corrected chi connectivity index (χ4v) is 6.46. The maximum absolute atomic E-state index is 12.7. The molecule has 25 heavy (non-hydrogen) atoms. The molecule has 1 aromatic rings. The minimum atomic E-state index is -0.215. The Balaban J connectivity index is 1.40. The van der Waals surface area contributed by atoms with Gasteiger partial charge in [-0.25, -0.2) is 0 Å². The Morgan fingerprint density at radius 2 is 1.60 bits per heavy atom. The van der Waals surface area contributed by atoms with Gasteiger partial charge in [0.2, 0.25) is 17.7 Å². The first kappa shape index (κ1) is 17.2. The highest BCUT2D eigenvalue weighted by molar-refractivity contribution is 9.12. The first-order valence-corrected chi connectivity index (χ1v) is 10.3. The van der Waals surface area contributed by atoms with E-state index in [0.29, 0.717) is 5.69 Å². The summed E-state index contributed by atoms with van der Waals surface area (Å²) in [5.74, 6) is -0.403. The maximum Gasteiger partial charge on any atom is 0.233 e. The molecule has 2 saturated carbocycles. The second-order valence-electron chi connectivity index (χ2n) is 7.00. The number of carbonyl (C=O) groups excluding carboxylic acids is 3. The highest BCUT2D eigenvalue weighted by Crippen LogP contribution is 2.60. The van der Waals surface area contributed by atoms with Crippen LogP contribution in [0, 0.1) is 23.7 Å². The fourth-order valence-electron chi connectivity index (χ4n) is 4.59. The average molecular weight is 470 g/mol. The Labute approximate surface area is 162 Å². The summed E-state index contributed by atoms with van der Waals surface area (Å²) in [5.41, 5.74) is 0.714. The molecule has 6 atom stereocenters. The quantitative estimate of drug-likeness (QED) is 0.544. The van der Waals surface area contributed by atoms with Crippen LogP contribution in [0.25, 0.3) is 0 Å². The van der Waals surface area contributed by atoms with Gasteiger partial charge >= 0.3 is 0 Å². The summed E-state index contributed by atoms with van der Waals surface area (Å²) in [7, 11) is 0. The number of carbonyl (C=O) groups is 3. The SMILES string of the molecule is O=C(CCN1C(=O)[C@@H]2[C@H]3C[C@@H]([C@H](Br)[C@@H]3Br)[C@@H]2C1=O)Nc1ccccc1. The van der Waals surface area contributed by atoms with Crippen LogP contribution in [-0.2, 0) is 14.4 Å². The summed E-state index contributed by atoms with van der Waals surface area (Å²) in [6, 6.07) is 9.16. The molecule has 1 heterocycles. The molecule has 132 valence electrons. The summed E-state index contributed by atoms with van der Waals surface area (Å²) in [5, 5.41) is 2.79. The van der Waals surface area contributed by atoms with Crippen LogP contribution in [0.15, 0.2) is 30.3 Å². The Morgan fingerprint density at radius 1 is 1.04 bits per heavy atom. The van der Waals surface area contributed by atoms with Crippen LogP contribution in [0.4, 0.5) is 5.69 Å². The number of imide groups is 1. The van der Waals surface area contributed by atoms with E-state index >= 15 is 0 Å². The first-order valence-electron chi connectivity index (χ1n) is 8.47. The highest BCUT2D eigenvalue weighted by atomic mass is 79.9. The normalized spacial score (nSPS) is 36.0. The number of halogens is 2. The molecular weight excluding hydrogens is 452 g/mol. The lowest BCUT2D eigenvalue weighted by atomic mass is 9.81. The van der Waals surface area contributed by atoms with Gasteiger partial charge < -0.3 is 5.32 Å². The number of anilines is 1. The van der Waals surface area contributed by atoms with E-state index in [9.17, 15) is 14.4 Å². The summed E-state index contributed by atoms with van der Waals surface area (Å²) in [6.07, 6.45) is 1.04. The standard InChI is InChI=1S/C18H18Br2N2O3/c19-15-10-8-11(16(15)20)14-13(10)17(24)22(18(14)25)7-6-12(23)21-9-4-2-1-3-5-9/h1-5,10-11,13-16H,6-8H2,(H,21,23)/t10-,11-,13-,14+,15-,16+/m1/s1. The van der Waals surface area contributed by atoms with Crippen LogP contribution < -0.4 is 5.32 Å². The smallest absolute Gasteiger partial charge is 0.233 e. The minimum Gasteiger partial charge on any atom is -0.326 e. The molecule has 4 rings (SSSR count). The fraction of sp³-hybridized carbons (Fsp3) is 0.500. The minimum absolute atomic E-state index is 0.0983. The van der Waals surface area contributed by atoms with Crippen molar-refractivity contribution in [3.8, 4) is 0 Å². The van der Waals surface area contributed by atoms with E-state index in [-0.39, 0.29) is 64.0 Å². The number of amides is 3. The topological polar surface area (TPSA) is 66.5 Å². The van der Waals surface area contributed by atoms with Gasteiger partial charge in [0, 0.05) is 28.3 Å². The van der Waals surface area contributed by atoms with Crippen molar-refractivity contribution in [3.63, 3.8) is 0 Å². The molecule has 1 aliphatic heterocycles. The summed E-state index contributed by atoms with van der Waals surface area (Å²) in [6.45, 7) is 0.155. The molecule has 0 aromatic heterocycles. The van der Waals surface area contributed by atoms with Gasteiger partial charge in [0.25, 0.3) is 0 Å². The van der Waals surface area contributed by atoms with Crippen LogP contribution >= 0.6 is 31.9 Å². The Kier molecular flexibility index (Phi) is 4.48. The van der Waals surface area contributed by atoms with Crippen molar-refractivity contribution in [2.75, 3.05) is 11.9 Å². The number of fused-ring (bicyclic) bond motifs is 5. The predicted molar refractivity (Wildman–Crippen MR) is 100 cm³/mol. The van der Waals surface area contributed by atoms with Crippen molar-refractivity contribution in [2.45, 2.75) is 22.5 Å². The molecule has 1 saturated heterocycles. The molecular formula is C18H18Br2N2O3. The van der Waals surface area contributed by atoms with Gasteiger partial charge in [-0.1, -0.05) is 50.1 Å². The molecule has 2 bridgehead atoms. The molecule has 3 fully saturated rings. The number of benzene rings is 1. The Hall–Kier alpha value is -1.21. The molecule has 1 aromatic carbocycles. The molecule has 1 N–H and O–H groups in total. The van der Waals surface area contributed by atoms with Gasteiger partial charge in [-0.15, -0.1) is 0 Å². The molecule has 3 aliphatic rings. The molecule has 5 nitrogen and oxygen atoms in total. The Morgan fingerprint density at radius 3 is 2.16 bits per heavy atom. The van der Waals surface area contributed by atoms with Crippen LogP contribution in [0.3, 0.4) is 0 Å². The lowest BCUT2D eigenvalue weighted by molar-refractivity contribution is -0.140. The summed E-state index contributed by atoms with van der Waals surface area (Å²) in [4.78, 5) is 39.4. The molecule has 0 radical (unpaired) electrons. The summed E-state index contributed by atoms with van der Waals surface area (Å²) >= 11 is 7.34. The van der Waals surface area contributed by atoms with E-state index in [2.05, 4.69) is 37.2 Å². The average Bonchev–Trinajstić information content (AvgIpc) is 3.20. The number of likely N-dealkylation sites (tertiary alicyclic amines) is 1. The van der Waals surface area contributed by atoms with Crippen LogP contribution in [0.2, 0.25) is 0 Å². The van der Waals surface area contributed by atoms with Crippen molar-refractivity contribution < 1.29 is 14.4 Å². The first-order chi connectivity index (χ1) is 12.0. The van der Waals surface area contributed by atoms with E-state index in [1.807, 2.05) is 18.2 Å². The van der Waals surface area contributed by atoms with Crippen molar-refractivity contribution in [3.05, 3.63) is 30.3 Å². The van der Waals surface area contributed by atoms with Crippen molar-refractivity contribution >= 4 is 55.3 Å². The van der Waals surface area contributed by atoms with Crippen LogP contribution in [0.1, 0.15) is 12.8 Å². The van der Waals surface area contributed by atoms with E-state index in [1.54, 1.807) is 12.1 Å². The number of hydrogen-bond donors (Lipinski definition) is 1. The predicted octanol–water partition coefficient (Wildman–Crippen LogP) is 2.79. The third kappa shape index (κ3) is 2.76. The van der Waals surface area contributed by atoms with Gasteiger partial charge in [-0.3, -0.25) is 19.3 Å². The zero-order chi connectivity index (χ0) is 17.7. The molecule has 0 spiro atoms. The lowest BCUT2D eigenvalue weighted by Crippen LogP contribution is -2.37. The largest absolute Gasteiger partial charge is 0.326 e. The van der Waals surface area contributed by atoms with Gasteiger partial charge in [0.1, 0.15) is 0 Å². The number of nitrogens with zero attached hydrogens (tertiary/aromatic N) is 1. The molecule has 2 aliphatic carbocycles. The zero-order valence-electron chi connectivity index (χ0n) is 13.4. The third-order valence-corrected chi connectivity index (χ3v) is 8.91. The summed E-state index contributed by atoms with van der Waals surface area (Å²) < 4.78 is 0. The van der Waals surface area contributed by atoms with Crippen molar-refractivity contribution in [2.24, 2.45) is 23.7 Å². The van der Waals surface area contributed by atoms with Crippen molar-refractivity contribution in [1.29, 1.82) is 0 Å². The van der Waals surface area contributed by atoms with Crippen molar-refractivity contribution in [1.82, 2.24) is 4.90 Å². The van der Waals surface area contributed by atoms with E-state index < -0.39 is 0 Å². The molecule has 7 heteroatoms. The zero-order valence-corrected chi connectivity index (χ0v) is 16.6. The number of alkyl halides is 2. The second-order valence-corrected chi connectivity index (χ2v) is 9.11. The Bertz CT molecular complexity index is 694. The third-order valence-electron chi connectivity index (χ3n) is 5.70. The van der Waals surface area contributed by atoms with E-state index in [1.165, 1.54) is 4.90 Å². The van der Waals surface area contributed by atoms with Gasteiger partial charge in [0.05, 0.1) is 11.8 Å². The van der Waals surface area contributed by atoms with Crippen LogP contribution in [-0.4, -0.2) is 38.8 Å². The maximum atomic E-state index is 12.7. The number of hydrogen-bond acceptors (Lipinski definition) is 3. The van der Waals surface area contributed by atoms with Gasteiger partial charge in [-0.2, -0.15) is 0 Å². The van der Waals surface area contributed by atoms with Gasteiger partial charge in [0.15, 0.2) is 0 Å². The van der Waals surface area contributed by atoms with E-state index in [4.69, 9.17) is 0 Å². The van der Waals surface area contributed by atoms with Gasteiger partial charge in [-0.05, 0) is 30.4 Å². The lowest BCUT2D eigenvalue weighted by Gasteiger charge is -2.28. The number of nitrogens with one attached hydrogen (secondary N) is 1. The van der Waals surface area contributed by atoms with E-state index in [0.717, 1.165) is 6.42 Å². The molecule has 0 unspecified atom stereocenters. The second kappa shape index (κ2) is 6.50. The van der Waals surface area contributed by atoms with Crippen LogP contribution in [0.5, 0.6) is 0 Å². The monoisotopic (exact) mass is 468 g/mol. The highest BCUT2D eigenvalue weighted by Gasteiger charge is 2.66.